The molecule has 0 bridgehead atoms. The number of aromatic nitrogens is 2. The molecule has 1 aromatic heterocycles. The number of hydrogen-bond acceptors (Lipinski definition) is 7. The summed E-state index contributed by atoms with van der Waals surface area (Å²) in [6, 6.07) is 8.03. The Bertz CT molecular complexity index is 866. The molecule has 1 unspecified atom stereocenters. The molecule has 170 valence electrons. The molecule has 4 rings (SSSR count). The van der Waals surface area contributed by atoms with Gasteiger partial charge in [0.2, 0.25) is 0 Å². The molecule has 3 heterocycles. The van der Waals surface area contributed by atoms with Crippen molar-refractivity contribution in [3.05, 3.63) is 41.0 Å². The van der Waals surface area contributed by atoms with E-state index >= 15 is 0 Å². The highest BCUT2D eigenvalue weighted by Gasteiger charge is 2.38. The van der Waals surface area contributed by atoms with E-state index < -0.39 is 12.1 Å². The van der Waals surface area contributed by atoms with Gasteiger partial charge < -0.3 is 19.3 Å². The average Bonchev–Trinajstić information content (AvgIpc) is 3.40. The lowest BCUT2D eigenvalue weighted by atomic mass is 10.2. The number of alkyl halides is 3. The molecule has 2 saturated heterocycles. The Labute approximate surface area is 181 Å². The van der Waals surface area contributed by atoms with Crippen molar-refractivity contribution < 1.29 is 32.3 Å². The highest BCUT2D eigenvalue weighted by molar-refractivity contribution is 6.30. The SMILES string of the molecule is Clc1cccc(N2CCN(Cc3noc(C4CCCO4)n3)CC2)c1.O=C(O)C(F)(F)F. The zero-order valence-electron chi connectivity index (χ0n) is 16.5. The lowest BCUT2D eigenvalue weighted by molar-refractivity contribution is -0.192. The second kappa shape index (κ2) is 10.3. The zero-order valence-corrected chi connectivity index (χ0v) is 17.3. The normalized spacial score (nSPS) is 19.7. The number of nitrogens with zero attached hydrogens (tertiary/aromatic N) is 4. The molecule has 12 heteroatoms. The lowest BCUT2D eigenvalue weighted by Gasteiger charge is -2.35. The van der Waals surface area contributed by atoms with Gasteiger partial charge in [-0.3, -0.25) is 4.90 Å². The smallest absolute Gasteiger partial charge is 0.475 e. The van der Waals surface area contributed by atoms with Crippen LogP contribution in [0, 0.1) is 0 Å². The molecule has 8 nitrogen and oxygen atoms in total. The topological polar surface area (TPSA) is 91.9 Å². The molecule has 0 aliphatic carbocycles. The fourth-order valence-electron chi connectivity index (χ4n) is 3.27. The fraction of sp³-hybridized carbons (Fsp3) is 0.526. The van der Waals surface area contributed by atoms with Crippen LogP contribution in [0.25, 0.3) is 0 Å². The van der Waals surface area contributed by atoms with Crippen molar-refractivity contribution in [3.8, 4) is 0 Å². The number of ether oxygens (including phenoxy) is 1. The van der Waals surface area contributed by atoms with Gasteiger partial charge in [0.1, 0.15) is 6.10 Å². The maximum Gasteiger partial charge on any atom is 0.490 e. The van der Waals surface area contributed by atoms with E-state index in [4.69, 9.17) is 30.8 Å². The van der Waals surface area contributed by atoms with Gasteiger partial charge in [-0.05, 0) is 31.0 Å². The van der Waals surface area contributed by atoms with Crippen LogP contribution in [-0.2, 0) is 16.1 Å². The molecule has 2 aliphatic rings. The largest absolute Gasteiger partial charge is 0.490 e. The molecule has 1 aromatic carbocycles. The summed E-state index contributed by atoms with van der Waals surface area (Å²) >= 11 is 6.08. The van der Waals surface area contributed by atoms with E-state index in [-0.39, 0.29) is 6.10 Å². The van der Waals surface area contributed by atoms with Crippen molar-refractivity contribution in [2.45, 2.75) is 31.7 Å². The first-order valence-corrected chi connectivity index (χ1v) is 10.1. The summed E-state index contributed by atoms with van der Waals surface area (Å²) in [6.07, 6.45) is -3.06. The van der Waals surface area contributed by atoms with Crippen molar-refractivity contribution in [1.29, 1.82) is 0 Å². The Morgan fingerprint density at radius 1 is 1.26 bits per heavy atom. The first kappa shape index (κ1) is 23.3. The number of aliphatic carboxylic acids is 1. The molecular formula is C19H22ClF3N4O4. The third kappa shape index (κ3) is 6.81. The Kier molecular flexibility index (Phi) is 7.74. The minimum atomic E-state index is -5.08. The molecule has 2 fully saturated rings. The predicted octanol–water partition coefficient (Wildman–Crippen LogP) is 3.53. The number of hydrogen-bond donors (Lipinski definition) is 1. The van der Waals surface area contributed by atoms with Crippen molar-refractivity contribution in [1.82, 2.24) is 15.0 Å². The van der Waals surface area contributed by atoms with Crippen LogP contribution in [-0.4, -0.2) is 65.1 Å². The number of carboxylic acids is 1. The minimum absolute atomic E-state index is 0.00840. The third-order valence-corrected chi connectivity index (χ3v) is 5.08. The molecular weight excluding hydrogens is 441 g/mol. The van der Waals surface area contributed by atoms with Gasteiger partial charge >= 0.3 is 12.1 Å². The maximum atomic E-state index is 10.6. The Morgan fingerprint density at radius 3 is 2.55 bits per heavy atom. The Morgan fingerprint density at radius 2 is 1.97 bits per heavy atom. The number of piperazine rings is 1. The number of rotatable bonds is 4. The summed E-state index contributed by atoms with van der Waals surface area (Å²) in [7, 11) is 0. The van der Waals surface area contributed by atoms with Crippen LogP contribution in [0.3, 0.4) is 0 Å². The molecule has 31 heavy (non-hydrogen) atoms. The van der Waals surface area contributed by atoms with E-state index in [2.05, 4.69) is 26.0 Å². The van der Waals surface area contributed by atoms with Gasteiger partial charge in [0, 0.05) is 43.5 Å². The van der Waals surface area contributed by atoms with Gasteiger partial charge in [-0.25, -0.2) is 4.79 Å². The van der Waals surface area contributed by atoms with Gasteiger partial charge in [-0.2, -0.15) is 18.2 Å². The Hall–Kier alpha value is -2.37. The first-order valence-electron chi connectivity index (χ1n) is 9.69. The second-order valence-corrected chi connectivity index (χ2v) is 7.53. The quantitative estimate of drug-likeness (QED) is 0.737. The molecule has 1 N–H and O–H groups in total. The van der Waals surface area contributed by atoms with Crippen LogP contribution in [0.5, 0.6) is 0 Å². The van der Waals surface area contributed by atoms with Crippen molar-refractivity contribution in [2.24, 2.45) is 0 Å². The van der Waals surface area contributed by atoms with E-state index in [1.54, 1.807) is 0 Å². The van der Waals surface area contributed by atoms with E-state index in [0.29, 0.717) is 5.89 Å². The standard InChI is InChI=1S/C17H21ClN4O2.C2HF3O2/c18-13-3-1-4-14(11-13)22-8-6-21(7-9-22)12-16-19-17(24-20-16)15-5-2-10-23-15;3-2(4,5)1(6)7/h1,3-4,11,15H,2,5-10,12H2;(H,6,7). The molecule has 0 radical (unpaired) electrons. The van der Waals surface area contributed by atoms with Crippen molar-refractivity contribution in [3.63, 3.8) is 0 Å². The minimum Gasteiger partial charge on any atom is -0.475 e. The monoisotopic (exact) mass is 462 g/mol. The number of halogens is 4. The van der Waals surface area contributed by atoms with E-state index in [9.17, 15) is 13.2 Å². The summed E-state index contributed by atoms with van der Waals surface area (Å²) in [4.78, 5) is 18.1. The molecule has 1 atom stereocenters. The highest BCUT2D eigenvalue weighted by Crippen LogP contribution is 2.27. The van der Waals surface area contributed by atoms with Gasteiger partial charge in [-0.15, -0.1) is 0 Å². The van der Waals surface area contributed by atoms with Crippen LogP contribution < -0.4 is 4.90 Å². The van der Waals surface area contributed by atoms with Gasteiger partial charge in [0.25, 0.3) is 5.89 Å². The average molecular weight is 463 g/mol. The summed E-state index contributed by atoms with van der Waals surface area (Å²) in [5, 5.41) is 12.0. The predicted molar refractivity (Wildman–Crippen MR) is 105 cm³/mol. The Balaban J connectivity index is 0.000000339. The van der Waals surface area contributed by atoms with Gasteiger partial charge in [0.05, 0.1) is 6.54 Å². The summed E-state index contributed by atoms with van der Waals surface area (Å²) in [6.45, 7) is 5.38. The molecule has 2 aromatic rings. The van der Waals surface area contributed by atoms with E-state index in [0.717, 1.165) is 63.0 Å². The number of anilines is 1. The van der Waals surface area contributed by atoms with Crippen LogP contribution in [0.4, 0.5) is 18.9 Å². The zero-order chi connectivity index (χ0) is 22.4. The highest BCUT2D eigenvalue weighted by atomic mass is 35.5. The number of benzene rings is 1. The van der Waals surface area contributed by atoms with E-state index in [1.165, 1.54) is 5.69 Å². The second-order valence-electron chi connectivity index (χ2n) is 7.10. The summed E-state index contributed by atoms with van der Waals surface area (Å²) in [5.41, 5.74) is 1.18. The van der Waals surface area contributed by atoms with Crippen LogP contribution in [0.1, 0.15) is 30.7 Å². The van der Waals surface area contributed by atoms with E-state index in [1.807, 2.05) is 18.2 Å². The molecule has 2 aliphatic heterocycles. The fourth-order valence-corrected chi connectivity index (χ4v) is 3.46. The number of carboxylic acid groups (broad SMARTS) is 1. The van der Waals surface area contributed by atoms with Crippen LogP contribution in [0.15, 0.2) is 28.8 Å². The first-order chi connectivity index (χ1) is 14.7. The van der Waals surface area contributed by atoms with Gasteiger partial charge in [0.15, 0.2) is 5.82 Å². The molecule has 0 spiro atoms. The number of carbonyl (C=O) groups is 1. The third-order valence-electron chi connectivity index (χ3n) is 4.84. The maximum absolute atomic E-state index is 10.6. The lowest BCUT2D eigenvalue weighted by Crippen LogP contribution is -2.46. The summed E-state index contributed by atoms with van der Waals surface area (Å²) in [5.74, 6) is -1.38. The molecule has 0 saturated carbocycles. The van der Waals surface area contributed by atoms with Crippen molar-refractivity contribution >= 4 is 23.3 Å². The van der Waals surface area contributed by atoms with Crippen LogP contribution in [0.2, 0.25) is 5.02 Å². The van der Waals surface area contributed by atoms with Gasteiger partial charge in [-0.1, -0.05) is 22.8 Å². The van der Waals surface area contributed by atoms with Crippen LogP contribution >= 0.6 is 11.6 Å². The molecule has 0 amide bonds. The van der Waals surface area contributed by atoms with Crippen molar-refractivity contribution in [2.75, 3.05) is 37.7 Å². The summed E-state index contributed by atoms with van der Waals surface area (Å²) < 4.78 is 42.7.